The van der Waals surface area contributed by atoms with Gasteiger partial charge in [-0.05, 0) is 57.3 Å². The summed E-state index contributed by atoms with van der Waals surface area (Å²) in [6.07, 6.45) is 1.03. The molecule has 23 heavy (non-hydrogen) atoms. The molecular formula is C19H25NO2S. The van der Waals surface area contributed by atoms with Crippen LogP contribution < -0.4 is 9.47 Å². The zero-order valence-electron chi connectivity index (χ0n) is 14.5. The summed E-state index contributed by atoms with van der Waals surface area (Å²) in [6.45, 7) is 2.25. The van der Waals surface area contributed by atoms with Crippen molar-refractivity contribution < 1.29 is 9.47 Å². The van der Waals surface area contributed by atoms with E-state index in [4.69, 9.17) is 9.47 Å². The first-order chi connectivity index (χ1) is 11.0. The molecule has 0 aromatic heterocycles. The molecular weight excluding hydrogens is 306 g/mol. The van der Waals surface area contributed by atoms with Gasteiger partial charge < -0.3 is 14.4 Å². The van der Waals surface area contributed by atoms with Gasteiger partial charge in [-0.1, -0.05) is 30.0 Å². The van der Waals surface area contributed by atoms with Gasteiger partial charge in [0.2, 0.25) is 0 Å². The maximum absolute atomic E-state index is 5.40. The van der Waals surface area contributed by atoms with Crippen LogP contribution in [0.25, 0.3) is 0 Å². The smallest absolute Gasteiger partial charge is 0.161 e. The van der Waals surface area contributed by atoms with Crippen molar-refractivity contribution in [1.82, 2.24) is 4.90 Å². The van der Waals surface area contributed by atoms with Crippen molar-refractivity contribution in [3.05, 3.63) is 48.0 Å². The molecule has 0 fully saturated rings. The highest BCUT2D eigenvalue weighted by molar-refractivity contribution is 7.99. The van der Waals surface area contributed by atoms with E-state index in [1.54, 1.807) is 26.0 Å². The van der Waals surface area contributed by atoms with Crippen LogP contribution in [0, 0.1) is 0 Å². The number of ether oxygens (including phenoxy) is 2. The van der Waals surface area contributed by atoms with E-state index in [0.717, 1.165) is 22.8 Å². The van der Waals surface area contributed by atoms with Gasteiger partial charge in [-0.2, -0.15) is 0 Å². The molecule has 1 atom stereocenters. The third-order valence-corrected chi connectivity index (χ3v) is 5.06. The number of hydrogen-bond donors (Lipinski definition) is 0. The van der Waals surface area contributed by atoms with Gasteiger partial charge in [-0.25, -0.2) is 0 Å². The van der Waals surface area contributed by atoms with Gasteiger partial charge in [0, 0.05) is 15.8 Å². The highest BCUT2D eigenvalue weighted by Crippen LogP contribution is 2.36. The van der Waals surface area contributed by atoms with Gasteiger partial charge in [0.05, 0.1) is 14.2 Å². The SMILES string of the molecule is COc1ccc(Sc2ccccc2C[C@@H](C)N(C)C)cc1OC. The summed E-state index contributed by atoms with van der Waals surface area (Å²) in [5.74, 6) is 1.52. The van der Waals surface area contributed by atoms with Crippen LogP contribution in [0.3, 0.4) is 0 Å². The molecule has 0 aliphatic heterocycles. The zero-order valence-corrected chi connectivity index (χ0v) is 15.3. The Labute approximate surface area is 143 Å². The lowest BCUT2D eigenvalue weighted by Gasteiger charge is -2.21. The number of methoxy groups -OCH3 is 2. The predicted molar refractivity (Wildman–Crippen MR) is 97.0 cm³/mol. The van der Waals surface area contributed by atoms with E-state index in [1.807, 2.05) is 12.1 Å². The molecule has 0 unspecified atom stereocenters. The van der Waals surface area contributed by atoms with Gasteiger partial charge in [0.15, 0.2) is 11.5 Å². The molecule has 0 spiro atoms. The van der Waals surface area contributed by atoms with E-state index in [1.165, 1.54) is 10.5 Å². The topological polar surface area (TPSA) is 21.7 Å². The Bertz CT molecular complexity index is 643. The highest BCUT2D eigenvalue weighted by Gasteiger charge is 2.11. The second-order valence-electron chi connectivity index (χ2n) is 5.74. The highest BCUT2D eigenvalue weighted by atomic mass is 32.2. The summed E-state index contributed by atoms with van der Waals surface area (Å²) < 4.78 is 10.7. The van der Waals surface area contributed by atoms with Crippen LogP contribution in [-0.2, 0) is 6.42 Å². The van der Waals surface area contributed by atoms with Crippen LogP contribution in [-0.4, -0.2) is 39.3 Å². The minimum absolute atomic E-state index is 0.502. The standard InChI is InChI=1S/C19H25NO2S/c1-14(20(2)3)12-15-8-6-7-9-19(15)23-16-10-11-17(21-4)18(13-16)22-5/h6-11,13-14H,12H2,1-5H3/t14-/m1/s1. The summed E-state index contributed by atoms with van der Waals surface area (Å²) in [5, 5.41) is 0. The minimum atomic E-state index is 0.502. The molecule has 3 nitrogen and oxygen atoms in total. The largest absolute Gasteiger partial charge is 0.493 e. The minimum Gasteiger partial charge on any atom is -0.493 e. The third-order valence-electron chi connectivity index (χ3n) is 3.95. The molecule has 0 saturated carbocycles. The van der Waals surface area contributed by atoms with Crippen molar-refractivity contribution in [3.8, 4) is 11.5 Å². The van der Waals surface area contributed by atoms with E-state index in [9.17, 15) is 0 Å². The summed E-state index contributed by atoms with van der Waals surface area (Å²) in [7, 11) is 7.56. The van der Waals surface area contributed by atoms with Gasteiger partial charge in [-0.3, -0.25) is 0 Å². The second kappa shape index (κ2) is 8.27. The van der Waals surface area contributed by atoms with E-state index >= 15 is 0 Å². The summed E-state index contributed by atoms with van der Waals surface area (Å²) in [4.78, 5) is 4.68. The van der Waals surface area contributed by atoms with E-state index in [-0.39, 0.29) is 0 Å². The summed E-state index contributed by atoms with van der Waals surface area (Å²) in [6, 6.07) is 15.1. The molecule has 0 amide bonds. The molecule has 0 radical (unpaired) electrons. The molecule has 4 heteroatoms. The van der Waals surface area contributed by atoms with Gasteiger partial charge in [0.25, 0.3) is 0 Å². The first kappa shape index (κ1) is 17.7. The summed E-state index contributed by atoms with van der Waals surface area (Å²) in [5.41, 5.74) is 1.37. The lowest BCUT2D eigenvalue weighted by molar-refractivity contribution is 0.311. The molecule has 0 heterocycles. The van der Waals surface area contributed by atoms with E-state index in [0.29, 0.717) is 6.04 Å². The van der Waals surface area contributed by atoms with E-state index in [2.05, 4.69) is 56.3 Å². The Morgan fingerprint density at radius 1 is 1.00 bits per heavy atom. The van der Waals surface area contributed by atoms with Crippen molar-refractivity contribution in [2.24, 2.45) is 0 Å². The quantitative estimate of drug-likeness (QED) is 0.752. The Morgan fingerprint density at radius 3 is 2.35 bits per heavy atom. The molecule has 0 bridgehead atoms. The average Bonchev–Trinajstić information content (AvgIpc) is 2.56. The zero-order chi connectivity index (χ0) is 16.8. The Hall–Kier alpha value is -1.65. The second-order valence-corrected chi connectivity index (χ2v) is 6.86. The number of benzene rings is 2. The fourth-order valence-electron chi connectivity index (χ4n) is 2.28. The van der Waals surface area contributed by atoms with Gasteiger partial charge >= 0.3 is 0 Å². The molecule has 124 valence electrons. The number of rotatable bonds is 7. The van der Waals surface area contributed by atoms with Crippen molar-refractivity contribution in [3.63, 3.8) is 0 Å². The van der Waals surface area contributed by atoms with Crippen LogP contribution in [0.5, 0.6) is 11.5 Å². The first-order valence-electron chi connectivity index (χ1n) is 7.69. The fourth-order valence-corrected chi connectivity index (χ4v) is 3.26. The van der Waals surface area contributed by atoms with E-state index < -0.39 is 0 Å². The first-order valence-corrected chi connectivity index (χ1v) is 8.51. The fraction of sp³-hybridized carbons (Fsp3) is 0.368. The number of hydrogen-bond acceptors (Lipinski definition) is 4. The molecule has 2 rings (SSSR count). The van der Waals surface area contributed by atoms with Crippen molar-refractivity contribution in [1.29, 1.82) is 0 Å². The number of nitrogens with zero attached hydrogens (tertiary/aromatic N) is 1. The third kappa shape index (κ3) is 4.66. The van der Waals surface area contributed by atoms with Crippen molar-refractivity contribution in [2.75, 3.05) is 28.3 Å². The van der Waals surface area contributed by atoms with Gasteiger partial charge in [-0.15, -0.1) is 0 Å². The van der Waals surface area contributed by atoms with Crippen LogP contribution >= 0.6 is 11.8 Å². The van der Waals surface area contributed by atoms with Crippen LogP contribution in [0.4, 0.5) is 0 Å². The molecule has 2 aromatic carbocycles. The van der Waals surface area contributed by atoms with Crippen molar-refractivity contribution >= 4 is 11.8 Å². The van der Waals surface area contributed by atoms with Crippen LogP contribution in [0.15, 0.2) is 52.3 Å². The molecule has 0 N–H and O–H groups in total. The van der Waals surface area contributed by atoms with Crippen molar-refractivity contribution in [2.45, 2.75) is 29.2 Å². The summed E-state index contributed by atoms with van der Waals surface area (Å²) >= 11 is 1.76. The number of likely N-dealkylation sites (N-methyl/N-ethyl adjacent to an activating group) is 1. The van der Waals surface area contributed by atoms with Gasteiger partial charge in [0.1, 0.15) is 0 Å². The molecule has 0 saturated heterocycles. The lowest BCUT2D eigenvalue weighted by Crippen LogP contribution is -2.26. The van der Waals surface area contributed by atoms with Crippen LogP contribution in [0.2, 0.25) is 0 Å². The molecule has 0 aliphatic carbocycles. The molecule has 0 aliphatic rings. The normalized spacial score (nSPS) is 12.3. The maximum atomic E-state index is 5.40. The Kier molecular flexibility index (Phi) is 6.37. The predicted octanol–water partition coefficient (Wildman–Crippen LogP) is 4.35. The maximum Gasteiger partial charge on any atom is 0.161 e. The molecule has 2 aromatic rings. The lowest BCUT2D eigenvalue weighted by atomic mass is 10.1. The van der Waals surface area contributed by atoms with Crippen LogP contribution in [0.1, 0.15) is 12.5 Å². The monoisotopic (exact) mass is 331 g/mol. The Balaban J connectivity index is 2.23. The Morgan fingerprint density at radius 2 is 1.70 bits per heavy atom. The average molecular weight is 331 g/mol.